The van der Waals surface area contributed by atoms with E-state index in [2.05, 4.69) is 51.1 Å². The molecule has 0 aliphatic carbocycles. The first kappa shape index (κ1) is 19.7. The van der Waals surface area contributed by atoms with Gasteiger partial charge in [0.2, 0.25) is 0 Å². The van der Waals surface area contributed by atoms with Gasteiger partial charge in [-0.05, 0) is 25.5 Å². The molecule has 0 atom stereocenters. The van der Waals surface area contributed by atoms with E-state index in [0.717, 1.165) is 23.8 Å². The normalized spacial score (nSPS) is 11.3. The summed E-state index contributed by atoms with van der Waals surface area (Å²) >= 11 is 0. The monoisotopic (exact) mass is 429 g/mol. The van der Waals surface area contributed by atoms with E-state index in [4.69, 9.17) is 0 Å². The second-order valence-corrected chi connectivity index (χ2v) is 5.54. The van der Waals surface area contributed by atoms with Crippen LogP contribution < -0.4 is 10.6 Å². The lowest BCUT2D eigenvalue weighted by Gasteiger charge is -2.10. The fourth-order valence-corrected chi connectivity index (χ4v) is 2.44. The number of halogens is 1. The minimum atomic E-state index is 0. The molecule has 6 heteroatoms. The number of hydrogen-bond donors (Lipinski definition) is 2. The predicted octanol–water partition coefficient (Wildman–Crippen LogP) is 3.51. The molecule has 2 heterocycles. The lowest BCUT2D eigenvalue weighted by atomic mass is 10.2. The van der Waals surface area contributed by atoms with Gasteiger partial charge in [0.15, 0.2) is 5.96 Å². The molecule has 2 rings (SSSR count). The first-order valence-corrected chi connectivity index (χ1v) is 8.12. The average Bonchev–Trinajstić information content (AvgIpc) is 2.94. The van der Waals surface area contributed by atoms with Gasteiger partial charge >= 0.3 is 0 Å². The molecular formula is C17H28IN5. The van der Waals surface area contributed by atoms with Crippen LogP contribution in [0.2, 0.25) is 0 Å². The highest BCUT2D eigenvalue weighted by molar-refractivity contribution is 14.0. The SMILES string of the molecule is CCCCCCNC(=NC)NCc1cn2c(C)cccc2n1.I. The number of aromatic nitrogens is 2. The summed E-state index contributed by atoms with van der Waals surface area (Å²) < 4.78 is 2.11. The Labute approximate surface area is 156 Å². The van der Waals surface area contributed by atoms with E-state index < -0.39 is 0 Å². The number of hydrogen-bond acceptors (Lipinski definition) is 2. The highest BCUT2D eigenvalue weighted by atomic mass is 127. The molecule has 0 aromatic carbocycles. The molecule has 0 bridgehead atoms. The molecule has 2 N–H and O–H groups in total. The number of guanidine groups is 1. The van der Waals surface area contributed by atoms with Crippen LogP contribution in [0.1, 0.15) is 44.0 Å². The van der Waals surface area contributed by atoms with Crippen molar-refractivity contribution in [1.82, 2.24) is 20.0 Å². The first-order chi connectivity index (χ1) is 10.7. The van der Waals surface area contributed by atoms with Crippen molar-refractivity contribution in [2.75, 3.05) is 13.6 Å². The number of pyridine rings is 1. The first-order valence-electron chi connectivity index (χ1n) is 8.12. The summed E-state index contributed by atoms with van der Waals surface area (Å²) in [6, 6.07) is 6.14. The number of fused-ring (bicyclic) bond motifs is 1. The zero-order chi connectivity index (χ0) is 15.8. The maximum atomic E-state index is 4.62. The minimum Gasteiger partial charge on any atom is -0.356 e. The van der Waals surface area contributed by atoms with E-state index in [-0.39, 0.29) is 24.0 Å². The van der Waals surface area contributed by atoms with Crippen molar-refractivity contribution in [3.8, 4) is 0 Å². The van der Waals surface area contributed by atoms with Gasteiger partial charge in [0, 0.05) is 25.5 Å². The van der Waals surface area contributed by atoms with E-state index in [0.29, 0.717) is 6.54 Å². The Morgan fingerprint density at radius 2 is 2.04 bits per heavy atom. The summed E-state index contributed by atoms with van der Waals surface area (Å²) in [5.74, 6) is 0.838. The van der Waals surface area contributed by atoms with Crippen LogP contribution in [0.5, 0.6) is 0 Å². The quantitative estimate of drug-likeness (QED) is 0.307. The molecule has 0 amide bonds. The molecule has 0 saturated heterocycles. The van der Waals surface area contributed by atoms with Crippen LogP contribution in [-0.4, -0.2) is 28.9 Å². The van der Waals surface area contributed by atoms with Gasteiger partial charge in [-0.3, -0.25) is 4.99 Å². The molecule has 5 nitrogen and oxygen atoms in total. The number of imidazole rings is 1. The lowest BCUT2D eigenvalue weighted by molar-refractivity contribution is 0.646. The fraction of sp³-hybridized carbons (Fsp3) is 0.529. The largest absolute Gasteiger partial charge is 0.356 e. The molecular weight excluding hydrogens is 401 g/mol. The van der Waals surface area contributed by atoms with Crippen LogP contribution >= 0.6 is 24.0 Å². The summed E-state index contributed by atoms with van der Waals surface area (Å²) in [4.78, 5) is 8.87. The molecule has 2 aromatic rings. The Hall–Kier alpha value is -1.31. The van der Waals surface area contributed by atoms with Crippen LogP contribution in [-0.2, 0) is 6.54 Å². The topological polar surface area (TPSA) is 53.7 Å². The van der Waals surface area contributed by atoms with Gasteiger partial charge < -0.3 is 15.0 Å². The van der Waals surface area contributed by atoms with Gasteiger partial charge in [-0.25, -0.2) is 4.98 Å². The molecule has 2 aromatic heterocycles. The third-order valence-electron chi connectivity index (χ3n) is 3.73. The Balaban J connectivity index is 0.00000264. The van der Waals surface area contributed by atoms with Crippen molar-refractivity contribution in [1.29, 1.82) is 0 Å². The van der Waals surface area contributed by atoms with Crippen LogP contribution in [0, 0.1) is 6.92 Å². The summed E-state index contributed by atoms with van der Waals surface area (Å²) in [6.45, 7) is 5.95. The average molecular weight is 429 g/mol. The van der Waals surface area contributed by atoms with E-state index in [1.165, 1.54) is 31.4 Å². The molecule has 23 heavy (non-hydrogen) atoms. The van der Waals surface area contributed by atoms with Crippen molar-refractivity contribution in [3.63, 3.8) is 0 Å². The van der Waals surface area contributed by atoms with E-state index >= 15 is 0 Å². The maximum absolute atomic E-state index is 4.62. The summed E-state index contributed by atoms with van der Waals surface area (Å²) in [6.07, 6.45) is 7.09. The molecule has 0 fully saturated rings. The molecule has 0 aliphatic heterocycles. The Kier molecular flexibility index (Phi) is 8.98. The fourth-order valence-electron chi connectivity index (χ4n) is 2.44. The Bertz CT molecular complexity index is 620. The summed E-state index contributed by atoms with van der Waals surface area (Å²) in [7, 11) is 1.80. The number of aliphatic imine (C=N–C) groups is 1. The van der Waals surface area contributed by atoms with E-state index in [9.17, 15) is 0 Å². The number of rotatable bonds is 7. The zero-order valence-electron chi connectivity index (χ0n) is 14.3. The molecule has 0 unspecified atom stereocenters. The van der Waals surface area contributed by atoms with Crippen molar-refractivity contribution in [2.24, 2.45) is 4.99 Å². The molecule has 0 radical (unpaired) electrons. The van der Waals surface area contributed by atoms with Crippen LogP contribution in [0.15, 0.2) is 29.4 Å². The van der Waals surface area contributed by atoms with Gasteiger partial charge in [-0.1, -0.05) is 32.3 Å². The van der Waals surface area contributed by atoms with Gasteiger partial charge in [0.05, 0.1) is 12.2 Å². The second-order valence-electron chi connectivity index (χ2n) is 5.54. The second kappa shape index (κ2) is 10.5. The highest BCUT2D eigenvalue weighted by Gasteiger charge is 2.04. The third-order valence-corrected chi connectivity index (χ3v) is 3.73. The maximum Gasteiger partial charge on any atom is 0.191 e. The Morgan fingerprint density at radius 1 is 1.22 bits per heavy atom. The van der Waals surface area contributed by atoms with Crippen molar-refractivity contribution < 1.29 is 0 Å². The smallest absolute Gasteiger partial charge is 0.191 e. The lowest BCUT2D eigenvalue weighted by Crippen LogP contribution is -2.37. The van der Waals surface area contributed by atoms with Crippen LogP contribution in [0.3, 0.4) is 0 Å². The zero-order valence-corrected chi connectivity index (χ0v) is 16.6. The summed E-state index contributed by atoms with van der Waals surface area (Å²) in [5, 5.41) is 6.67. The van der Waals surface area contributed by atoms with E-state index in [1.54, 1.807) is 7.05 Å². The van der Waals surface area contributed by atoms with Gasteiger partial charge in [-0.15, -0.1) is 24.0 Å². The minimum absolute atomic E-state index is 0. The molecule has 128 valence electrons. The van der Waals surface area contributed by atoms with Gasteiger partial charge in [0.25, 0.3) is 0 Å². The van der Waals surface area contributed by atoms with Crippen LogP contribution in [0.25, 0.3) is 5.65 Å². The number of unbranched alkanes of at least 4 members (excludes halogenated alkanes) is 3. The number of nitrogens with zero attached hydrogens (tertiary/aromatic N) is 3. The standard InChI is InChI=1S/C17H27N5.HI/c1-4-5-6-7-11-19-17(18-3)20-12-15-13-22-14(2)9-8-10-16(22)21-15;/h8-10,13H,4-7,11-12H2,1-3H3,(H2,18,19,20);1H. The highest BCUT2D eigenvalue weighted by Crippen LogP contribution is 2.08. The third kappa shape index (κ3) is 6.01. The van der Waals surface area contributed by atoms with Crippen molar-refractivity contribution in [2.45, 2.75) is 46.1 Å². The molecule has 0 saturated carbocycles. The Morgan fingerprint density at radius 3 is 2.74 bits per heavy atom. The van der Waals surface area contributed by atoms with Crippen molar-refractivity contribution in [3.05, 3.63) is 35.8 Å². The van der Waals surface area contributed by atoms with E-state index in [1.807, 2.05) is 12.1 Å². The van der Waals surface area contributed by atoms with Crippen LogP contribution in [0.4, 0.5) is 0 Å². The predicted molar refractivity (Wildman–Crippen MR) is 108 cm³/mol. The number of nitrogens with one attached hydrogen (secondary N) is 2. The van der Waals surface area contributed by atoms with Gasteiger partial charge in [-0.2, -0.15) is 0 Å². The number of aryl methyl sites for hydroxylation is 1. The van der Waals surface area contributed by atoms with Gasteiger partial charge in [0.1, 0.15) is 5.65 Å². The molecule has 0 spiro atoms. The van der Waals surface area contributed by atoms with Crippen molar-refractivity contribution >= 4 is 35.6 Å². The molecule has 0 aliphatic rings. The summed E-state index contributed by atoms with van der Waals surface area (Å²) in [5.41, 5.74) is 3.19.